The van der Waals surface area contributed by atoms with Gasteiger partial charge in [-0.05, 0) is 33.6 Å². The van der Waals surface area contributed by atoms with Gasteiger partial charge in [0.15, 0.2) is 0 Å². The van der Waals surface area contributed by atoms with Crippen molar-refractivity contribution < 1.29 is 0 Å². The van der Waals surface area contributed by atoms with Gasteiger partial charge in [-0.25, -0.2) is 0 Å². The summed E-state index contributed by atoms with van der Waals surface area (Å²) in [6.07, 6.45) is 0. The summed E-state index contributed by atoms with van der Waals surface area (Å²) in [4.78, 5) is 0. The van der Waals surface area contributed by atoms with Gasteiger partial charge in [-0.2, -0.15) is 0 Å². The van der Waals surface area contributed by atoms with Crippen LogP contribution in [0.15, 0.2) is 21.1 Å². The zero-order chi connectivity index (χ0) is 8.43. The van der Waals surface area contributed by atoms with Crippen molar-refractivity contribution in [2.24, 2.45) is 5.73 Å². The first kappa shape index (κ1) is 9.52. The van der Waals surface area contributed by atoms with Crippen molar-refractivity contribution in [3.63, 3.8) is 0 Å². The molecule has 0 fully saturated rings. The quantitative estimate of drug-likeness (QED) is 0.791. The molecule has 0 atom stereocenters. The first-order valence-corrected chi connectivity index (χ1v) is 4.95. The second-order valence-electron chi connectivity index (χ2n) is 2.06. The zero-order valence-corrected chi connectivity index (χ0v) is 9.50. The van der Waals surface area contributed by atoms with Crippen LogP contribution < -0.4 is 5.73 Å². The Balaban J connectivity index is 3.21. The molecule has 0 saturated carbocycles. The number of rotatable bonds is 1. The van der Waals surface area contributed by atoms with E-state index in [-0.39, 0.29) is 0 Å². The van der Waals surface area contributed by atoms with Crippen molar-refractivity contribution in [1.29, 1.82) is 0 Å². The van der Waals surface area contributed by atoms with Gasteiger partial charge in [-0.1, -0.05) is 27.5 Å². The molecule has 4 heteroatoms. The highest BCUT2D eigenvalue weighted by Crippen LogP contribution is 2.29. The molecule has 0 radical (unpaired) electrons. The van der Waals surface area contributed by atoms with Crippen LogP contribution in [-0.2, 0) is 6.54 Å². The summed E-state index contributed by atoms with van der Waals surface area (Å²) < 4.78 is 1.86. The van der Waals surface area contributed by atoms with Crippen LogP contribution in [0, 0.1) is 0 Å². The Morgan fingerprint density at radius 1 is 1.27 bits per heavy atom. The Morgan fingerprint density at radius 2 is 1.91 bits per heavy atom. The summed E-state index contributed by atoms with van der Waals surface area (Å²) in [6, 6.07) is 3.74. The van der Waals surface area contributed by atoms with Crippen LogP contribution in [0.25, 0.3) is 0 Å². The van der Waals surface area contributed by atoms with Gasteiger partial charge >= 0.3 is 0 Å². The molecule has 0 aromatic heterocycles. The second-order valence-corrected chi connectivity index (χ2v) is 4.18. The van der Waals surface area contributed by atoms with Crippen LogP contribution in [0.1, 0.15) is 5.56 Å². The normalized spacial score (nSPS) is 10.2. The highest BCUT2D eigenvalue weighted by Gasteiger charge is 2.02. The number of benzene rings is 1. The molecule has 60 valence electrons. The van der Waals surface area contributed by atoms with E-state index in [4.69, 9.17) is 17.3 Å². The van der Waals surface area contributed by atoms with Gasteiger partial charge in [0.25, 0.3) is 0 Å². The van der Waals surface area contributed by atoms with E-state index in [0.717, 1.165) is 14.5 Å². The van der Waals surface area contributed by atoms with Gasteiger partial charge in [0.2, 0.25) is 0 Å². The number of nitrogens with two attached hydrogens (primary N) is 1. The van der Waals surface area contributed by atoms with E-state index in [1.807, 2.05) is 12.1 Å². The van der Waals surface area contributed by atoms with Crippen molar-refractivity contribution >= 4 is 43.5 Å². The molecule has 1 rings (SSSR count). The molecule has 0 spiro atoms. The number of hydrogen-bond donors (Lipinski definition) is 1. The van der Waals surface area contributed by atoms with E-state index < -0.39 is 0 Å². The highest BCUT2D eigenvalue weighted by molar-refractivity contribution is 9.11. The van der Waals surface area contributed by atoms with E-state index in [1.54, 1.807) is 0 Å². The minimum Gasteiger partial charge on any atom is -0.326 e. The third-order valence-corrected chi connectivity index (χ3v) is 3.24. The summed E-state index contributed by atoms with van der Waals surface area (Å²) in [5.41, 5.74) is 6.48. The lowest BCUT2D eigenvalue weighted by Gasteiger charge is -2.02. The van der Waals surface area contributed by atoms with E-state index in [9.17, 15) is 0 Å². The molecule has 0 bridgehead atoms. The third-order valence-electron chi connectivity index (χ3n) is 1.31. The van der Waals surface area contributed by atoms with E-state index in [2.05, 4.69) is 31.9 Å². The van der Waals surface area contributed by atoms with Crippen LogP contribution in [0.5, 0.6) is 0 Å². The largest absolute Gasteiger partial charge is 0.326 e. The van der Waals surface area contributed by atoms with Gasteiger partial charge in [0, 0.05) is 15.5 Å². The van der Waals surface area contributed by atoms with Crippen molar-refractivity contribution in [2.75, 3.05) is 0 Å². The van der Waals surface area contributed by atoms with E-state index >= 15 is 0 Å². The molecule has 1 aromatic rings. The molecule has 0 amide bonds. The summed E-state index contributed by atoms with van der Waals surface area (Å²) >= 11 is 12.5. The molecule has 0 unspecified atom stereocenters. The topological polar surface area (TPSA) is 26.0 Å². The number of halogens is 3. The minimum absolute atomic E-state index is 0.494. The molecule has 0 heterocycles. The molecule has 0 saturated heterocycles. The van der Waals surface area contributed by atoms with Crippen LogP contribution >= 0.6 is 43.5 Å². The molecule has 2 N–H and O–H groups in total. The fraction of sp³-hybridized carbons (Fsp3) is 0.143. The first-order chi connectivity index (χ1) is 5.15. The molecular formula is C7H6Br2ClN. The number of hydrogen-bond acceptors (Lipinski definition) is 1. The fourth-order valence-electron chi connectivity index (χ4n) is 0.720. The monoisotopic (exact) mass is 297 g/mol. The Kier molecular flexibility index (Phi) is 3.37. The van der Waals surface area contributed by atoms with Crippen molar-refractivity contribution in [1.82, 2.24) is 0 Å². The summed E-state index contributed by atoms with van der Waals surface area (Å²) in [5.74, 6) is 0. The maximum absolute atomic E-state index is 5.84. The average Bonchev–Trinajstić information content (AvgIpc) is 1.97. The van der Waals surface area contributed by atoms with Crippen molar-refractivity contribution in [3.05, 3.63) is 31.7 Å². The third kappa shape index (κ3) is 2.18. The Bertz CT molecular complexity index is 275. The lowest BCUT2D eigenvalue weighted by molar-refractivity contribution is 1.06. The first-order valence-electron chi connectivity index (χ1n) is 2.98. The van der Waals surface area contributed by atoms with Crippen molar-refractivity contribution in [3.8, 4) is 0 Å². The molecule has 1 nitrogen and oxygen atoms in total. The molecule has 0 aliphatic rings. The lowest BCUT2D eigenvalue weighted by atomic mass is 10.2. The average molecular weight is 299 g/mol. The van der Waals surface area contributed by atoms with Gasteiger partial charge in [0.05, 0.1) is 5.02 Å². The van der Waals surface area contributed by atoms with Crippen molar-refractivity contribution in [2.45, 2.75) is 6.54 Å². The second kappa shape index (κ2) is 3.90. The predicted molar refractivity (Wildman–Crippen MR) is 54.7 cm³/mol. The molecule has 0 aliphatic heterocycles. The maximum atomic E-state index is 5.84. The van der Waals surface area contributed by atoms with E-state index in [1.165, 1.54) is 0 Å². The Morgan fingerprint density at radius 3 is 2.45 bits per heavy atom. The summed E-state index contributed by atoms with van der Waals surface area (Å²) in [7, 11) is 0. The smallest absolute Gasteiger partial charge is 0.0552 e. The van der Waals surface area contributed by atoms with Gasteiger partial charge in [0.1, 0.15) is 0 Å². The molecule has 0 aliphatic carbocycles. The summed E-state index contributed by atoms with van der Waals surface area (Å²) in [5, 5.41) is 0.689. The van der Waals surface area contributed by atoms with Crippen LogP contribution in [0.2, 0.25) is 5.02 Å². The zero-order valence-electron chi connectivity index (χ0n) is 5.57. The lowest BCUT2D eigenvalue weighted by Crippen LogP contribution is -1.97. The molecule has 11 heavy (non-hydrogen) atoms. The molecular weight excluding hydrogens is 293 g/mol. The maximum Gasteiger partial charge on any atom is 0.0552 e. The highest BCUT2D eigenvalue weighted by atomic mass is 79.9. The summed E-state index contributed by atoms with van der Waals surface area (Å²) in [6.45, 7) is 0.494. The van der Waals surface area contributed by atoms with Gasteiger partial charge < -0.3 is 5.73 Å². The van der Waals surface area contributed by atoms with E-state index in [0.29, 0.717) is 11.6 Å². The predicted octanol–water partition coefficient (Wildman–Crippen LogP) is 3.32. The molecule has 1 aromatic carbocycles. The Hall–Kier alpha value is 0.430. The fourth-order valence-corrected chi connectivity index (χ4v) is 2.06. The van der Waals surface area contributed by atoms with Gasteiger partial charge in [-0.3, -0.25) is 0 Å². The van der Waals surface area contributed by atoms with Crippen LogP contribution in [0.4, 0.5) is 0 Å². The van der Waals surface area contributed by atoms with Crippen LogP contribution in [-0.4, -0.2) is 0 Å². The van der Waals surface area contributed by atoms with Crippen LogP contribution in [0.3, 0.4) is 0 Å². The SMILES string of the molecule is NCc1cc(Cl)c(Br)cc1Br. The standard InChI is InChI=1S/C7H6Br2ClN/c8-5-2-6(9)7(10)1-4(5)3-11/h1-2H,3,11H2. The van der Waals surface area contributed by atoms with Gasteiger partial charge in [-0.15, -0.1) is 0 Å². The minimum atomic E-state index is 0.494. The Labute approximate surface area is 87.2 Å².